The molecule has 2 aliphatic rings. The van der Waals surface area contributed by atoms with E-state index in [9.17, 15) is 19.8 Å². The number of aliphatic hydroxyl groups excluding tert-OH is 4. The Hall–Kier alpha value is -3.68. The zero-order valence-corrected chi connectivity index (χ0v) is 32.1. The highest BCUT2D eigenvalue weighted by atomic mass is 16.3. The van der Waals surface area contributed by atoms with E-state index in [0.717, 1.165) is 46.3 Å². The maximum Gasteiger partial charge on any atom is 0.187 e. The molecule has 0 aromatic heterocycles. The maximum absolute atomic E-state index is 12.2. The largest absolute Gasteiger partial charge is 0.396 e. The average molecular weight is 687 g/mol. The van der Waals surface area contributed by atoms with Crippen molar-refractivity contribution >= 4 is 11.6 Å². The number of rotatable bonds is 13. The van der Waals surface area contributed by atoms with Gasteiger partial charge in [0.1, 0.15) is 12.2 Å². The molecule has 50 heavy (non-hydrogen) atoms. The van der Waals surface area contributed by atoms with E-state index in [1.54, 1.807) is 13.8 Å². The SMILES string of the molecule is CC1=C(/C=C/C(C)=C/C=C/C(C)=C/C=C/C=C(C)/C=C/C=C(C)/C=C/C2=C(C)C(=O)[C@@H](O)CC2(C)C)C(C)(C)C[C@H](O)C1=O.OCCCCO. The minimum atomic E-state index is -0.907. The molecular weight excluding hydrogens is 624 g/mol. The molecule has 0 saturated carbocycles. The molecule has 0 unspecified atom stereocenters. The quantitative estimate of drug-likeness (QED) is 0.114. The van der Waals surface area contributed by atoms with Gasteiger partial charge in [-0.05, 0) is 100 Å². The van der Waals surface area contributed by atoms with Crippen LogP contribution in [0, 0.1) is 10.8 Å². The second-order valence-corrected chi connectivity index (χ2v) is 14.6. The summed E-state index contributed by atoms with van der Waals surface area (Å²) in [6.07, 6.45) is 28.9. The van der Waals surface area contributed by atoms with Gasteiger partial charge in [0.25, 0.3) is 0 Å². The van der Waals surface area contributed by atoms with Gasteiger partial charge in [0.05, 0.1) is 0 Å². The highest BCUT2D eigenvalue weighted by Crippen LogP contribution is 2.40. The Morgan fingerprint density at radius 1 is 0.580 bits per heavy atom. The monoisotopic (exact) mass is 686 g/mol. The van der Waals surface area contributed by atoms with Crippen LogP contribution >= 0.6 is 0 Å². The fraction of sp³-hybridized carbons (Fsp3) is 0.455. The molecule has 4 N–H and O–H groups in total. The van der Waals surface area contributed by atoms with Crippen LogP contribution in [0.1, 0.15) is 94.9 Å². The minimum Gasteiger partial charge on any atom is -0.396 e. The van der Waals surface area contributed by atoms with Crippen LogP contribution in [0.4, 0.5) is 0 Å². The van der Waals surface area contributed by atoms with E-state index in [4.69, 9.17) is 10.2 Å². The Balaban J connectivity index is 0.00000190. The molecule has 0 fully saturated rings. The van der Waals surface area contributed by atoms with Gasteiger partial charge in [-0.3, -0.25) is 9.59 Å². The van der Waals surface area contributed by atoms with Crippen LogP contribution in [0.15, 0.2) is 130 Å². The van der Waals surface area contributed by atoms with Gasteiger partial charge in [-0.1, -0.05) is 135 Å². The van der Waals surface area contributed by atoms with Gasteiger partial charge in [0, 0.05) is 13.2 Å². The van der Waals surface area contributed by atoms with Crippen molar-refractivity contribution in [3.05, 3.63) is 130 Å². The molecule has 2 aliphatic carbocycles. The number of carbonyl (C=O) groups excluding carboxylic acids is 2. The lowest BCUT2D eigenvalue weighted by Gasteiger charge is -2.34. The third-order valence-corrected chi connectivity index (χ3v) is 8.88. The zero-order chi connectivity index (χ0) is 38.1. The van der Waals surface area contributed by atoms with E-state index < -0.39 is 12.2 Å². The predicted molar refractivity (Wildman–Crippen MR) is 208 cm³/mol. The number of aliphatic hydroxyl groups is 4. The topological polar surface area (TPSA) is 115 Å². The molecule has 0 aromatic carbocycles. The third-order valence-electron chi connectivity index (χ3n) is 8.88. The Morgan fingerprint density at radius 3 is 1.20 bits per heavy atom. The molecule has 0 amide bonds. The average Bonchev–Trinajstić information content (AvgIpc) is 3.03. The molecule has 6 nitrogen and oxygen atoms in total. The summed E-state index contributed by atoms with van der Waals surface area (Å²) in [6, 6.07) is 0. The molecule has 0 heterocycles. The lowest BCUT2D eigenvalue weighted by molar-refractivity contribution is -0.126. The number of carbonyl (C=O) groups is 2. The Labute approximate surface area is 301 Å². The normalized spacial score (nSPS) is 22.7. The number of hydrogen-bond acceptors (Lipinski definition) is 6. The van der Waals surface area contributed by atoms with Crippen molar-refractivity contribution in [3.63, 3.8) is 0 Å². The third kappa shape index (κ3) is 15.1. The van der Waals surface area contributed by atoms with Crippen LogP contribution in [0.2, 0.25) is 0 Å². The lowest BCUT2D eigenvalue weighted by atomic mass is 9.71. The molecule has 0 saturated heterocycles. The minimum absolute atomic E-state index is 0.175. The van der Waals surface area contributed by atoms with Crippen LogP contribution in [0.3, 0.4) is 0 Å². The van der Waals surface area contributed by atoms with E-state index in [0.29, 0.717) is 24.0 Å². The first-order valence-electron chi connectivity index (χ1n) is 17.5. The Morgan fingerprint density at radius 2 is 0.880 bits per heavy atom. The van der Waals surface area contributed by atoms with Gasteiger partial charge < -0.3 is 20.4 Å². The summed E-state index contributed by atoms with van der Waals surface area (Å²) in [7, 11) is 0. The lowest BCUT2D eigenvalue weighted by Crippen LogP contribution is -2.35. The highest BCUT2D eigenvalue weighted by molar-refractivity contribution is 6.01. The summed E-state index contributed by atoms with van der Waals surface area (Å²) in [5, 5.41) is 36.2. The maximum atomic E-state index is 12.2. The first-order valence-corrected chi connectivity index (χ1v) is 17.5. The fourth-order valence-corrected chi connectivity index (χ4v) is 5.85. The van der Waals surface area contributed by atoms with Gasteiger partial charge in [0.15, 0.2) is 11.6 Å². The molecule has 2 atom stereocenters. The van der Waals surface area contributed by atoms with Crippen LogP contribution in [0.5, 0.6) is 0 Å². The molecule has 0 aliphatic heterocycles. The smallest absolute Gasteiger partial charge is 0.187 e. The summed E-state index contributed by atoms with van der Waals surface area (Å²) < 4.78 is 0. The van der Waals surface area contributed by atoms with Crippen LogP contribution in [-0.2, 0) is 9.59 Å². The highest BCUT2D eigenvalue weighted by Gasteiger charge is 2.37. The Bertz CT molecular complexity index is 1410. The molecule has 2 rings (SSSR count). The van der Waals surface area contributed by atoms with E-state index in [1.807, 2.05) is 74.6 Å². The zero-order valence-electron chi connectivity index (χ0n) is 32.1. The number of hydrogen-bond donors (Lipinski definition) is 4. The fourth-order valence-electron chi connectivity index (χ4n) is 5.85. The first kappa shape index (κ1) is 44.3. The molecule has 274 valence electrons. The van der Waals surface area contributed by atoms with Crippen molar-refractivity contribution in [1.29, 1.82) is 0 Å². The number of allylic oxidation sites excluding steroid dienone is 20. The second-order valence-electron chi connectivity index (χ2n) is 14.6. The van der Waals surface area contributed by atoms with Crippen molar-refractivity contribution in [3.8, 4) is 0 Å². The van der Waals surface area contributed by atoms with Crippen LogP contribution < -0.4 is 0 Å². The molecule has 6 heteroatoms. The van der Waals surface area contributed by atoms with Crippen LogP contribution in [0.25, 0.3) is 0 Å². The summed E-state index contributed by atoms with van der Waals surface area (Å²) in [5.74, 6) is -0.350. The number of ketones is 2. The summed E-state index contributed by atoms with van der Waals surface area (Å²) >= 11 is 0. The molecule has 0 radical (unpaired) electrons. The van der Waals surface area contributed by atoms with Crippen molar-refractivity contribution in [2.24, 2.45) is 10.8 Å². The van der Waals surface area contributed by atoms with Gasteiger partial charge >= 0.3 is 0 Å². The molecule has 0 spiro atoms. The second kappa shape index (κ2) is 21.5. The molecule has 0 aromatic rings. The van der Waals surface area contributed by atoms with Crippen molar-refractivity contribution < 1.29 is 30.0 Å². The molecular formula is C44H62O6. The number of unbranched alkanes of at least 4 members (excludes halogenated alkanes) is 1. The summed E-state index contributed by atoms with van der Waals surface area (Å²) in [6.45, 7) is 20.4. The van der Waals surface area contributed by atoms with Crippen molar-refractivity contribution in [2.75, 3.05) is 13.2 Å². The van der Waals surface area contributed by atoms with Gasteiger partial charge in [0.2, 0.25) is 0 Å². The predicted octanol–water partition coefficient (Wildman–Crippen LogP) is 8.66. The van der Waals surface area contributed by atoms with E-state index in [-0.39, 0.29) is 35.6 Å². The Kier molecular flexibility index (Phi) is 19.1. The van der Waals surface area contributed by atoms with Crippen LogP contribution in [-0.4, -0.2) is 57.4 Å². The first-order chi connectivity index (χ1) is 23.4. The molecule has 0 bridgehead atoms. The standard InChI is InChI=1S/C40H52O4.C4H10O2/c1-27(17-13-19-29(3)21-23-33-31(5)37(43)35(41)25-39(33,7)8)15-11-12-16-28(2)18-14-20-30(4)22-24-34-32(6)38(44)36(42)26-40(34,9)10;5-3-1-2-4-6/h11-24,35-36,41-42H,25-26H2,1-10H3;5-6H,1-4H2/b12-11+,17-13+,18-14+,23-21+,24-22+,27-15+,28-16+,29-19+,30-20+;/t35-,36-;/m0./s1. The van der Waals surface area contributed by atoms with Gasteiger partial charge in [-0.25, -0.2) is 0 Å². The summed E-state index contributed by atoms with van der Waals surface area (Å²) in [5.41, 5.74) is 7.16. The number of Topliss-reactive ketones (excluding diaryl/α,β-unsaturated/α-hetero) is 2. The van der Waals surface area contributed by atoms with Crippen molar-refractivity contribution in [1.82, 2.24) is 0 Å². The van der Waals surface area contributed by atoms with Gasteiger partial charge in [-0.2, -0.15) is 0 Å². The van der Waals surface area contributed by atoms with E-state index >= 15 is 0 Å². The summed E-state index contributed by atoms with van der Waals surface area (Å²) in [4.78, 5) is 24.5. The van der Waals surface area contributed by atoms with E-state index in [1.165, 1.54) is 0 Å². The van der Waals surface area contributed by atoms with Crippen molar-refractivity contribution in [2.45, 2.75) is 107 Å². The van der Waals surface area contributed by atoms with Gasteiger partial charge in [-0.15, -0.1) is 0 Å². The van der Waals surface area contributed by atoms with E-state index in [2.05, 4.69) is 65.8 Å².